The molecule has 8 aromatic carbocycles. The average molecular weight is 1180 g/mol. The largest absolute Gasteiger partial charge is 0.519 e. The minimum Gasteiger partial charge on any atom is -0.457 e. The molecule has 0 radical (unpaired) electrons. The molecule has 0 saturated carbocycles. The third-order valence-electron chi connectivity index (χ3n) is 12.4. The Hall–Kier alpha value is -12.5. The minimum absolute atomic E-state index is 0.0136. The highest BCUT2D eigenvalue weighted by atomic mass is 32.2. The second-order valence-electron chi connectivity index (χ2n) is 18.0. The van der Waals surface area contributed by atoms with Crippen molar-refractivity contribution in [1.82, 2.24) is 0 Å². The molecule has 13 aromatic rings. The highest BCUT2D eigenvalue weighted by Crippen LogP contribution is 2.42. The van der Waals surface area contributed by atoms with E-state index in [-0.39, 0.29) is 72.7 Å². The van der Waals surface area contributed by atoms with Crippen molar-refractivity contribution in [2.45, 2.75) is 9.79 Å². The van der Waals surface area contributed by atoms with Gasteiger partial charge >= 0.3 is 29.1 Å². The van der Waals surface area contributed by atoms with Crippen molar-refractivity contribution in [3.8, 4) is 57.1 Å². The second-order valence-corrected chi connectivity index (χ2v) is 20.0. The van der Waals surface area contributed by atoms with Gasteiger partial charge in [0.2, 0.25) is 9.84 Å². The van der Waals surface area contributed by atoms with E-state index in [1.807, 2.05) is 18.2 Å². The summed E-state index contributed by atoms with van der Waals surface area (Å²) in [5.74, 6) is 0.318. The number of sulfone groups is 1. The summed E-state index contributed by atoms with van der Waals surface area (Å²) in [4.78, 5) is 67.6. The van der Waals surface area contributed by atoms with Crippen LogP contribution in [0.15, 0.2) is 261 Å². The molecule has 5 aromatic heterocycles. The highest BCUT2D eigenvalue weighted by molar-refractivity contribution is 7.91. The quantitative estimate of drug-likeness (QED) is 0.134. The topological polar surface area (TPSA) is 333 Å². The zero-order valence-electron chi connectivity index (χ0n) is 43.1. The van der Waals surface area contributed by atoms with E-state index in [4.69, 9.17) is 77.3 Å². The van der Waals surface area contributed by atoms with Gasteiger partial charge in [0.25, 0.3) is 17.8 Å². The summed E-state index contributed by atoms with van der Waals surface area (Å²) in [6.07, 6.45) is 0. The van der Waals surface area contributed by atoms with Gasteiger partial charge in [-0.15, -0.1) is 0 Å². The molecule has 16 rings (SSSR count). The van der Waals surface area contributed by atoms with Crippen molar-refractivity contribution in [3.05, 3.63) is 247 Å². The van der Waals surface area contributed by atoms with E-state index in [2.05, 4.69) is 19.7 Å². The molecule has 0 spiro atoms. The molecule has 3 aliphatic heterocycles. The summed E-state index contributed by atoms with van der Waals surface area (Å²) < 4.78 is 111. The summed E-state index contributed by atoms with van der Waals surface area (Å²) in [5.41, 5.74) is 5.07. The Labute approximate surface area is 474 Å². The maximum Gasteiger partial charge on any atom is 0.519 e. The molecule has 0 atom stereocenters. The van der Waals surface area contributed by atoms with Gasteiger partial charge in [-0.3, -0.25) is 4.79 Å². The fourth-order valence-corrected chi connectivity index (χ4v) is 9.93. The molecule has 0 N–H and O–H groups in total. The number of hydrogen-bond donors (Lipinski definition) is 0. The summed E-state index contributed by atoms with van der Waals surface area (Å²) in [6, 6.07) is 37.8. The van der Waals surface area contributed by atoms with Gasteiger partial charge in [0.05, 0.1) is 9.79 Å². The van der Waals surface area contributed by atoms with Crippen molar-refractivity contribution < 1.29 is 90.5 Å². The number of rotatable bonds is 7. The van der Waals surface area contributed by atoms with Crippen LogP contribution in [-0.2, 0) is 9.84 Å². The molecule has 0 saturated heterocycles. The maximum absolute atomic E-state index is 12.7. The SMILES string of the molecule is C=C1Oc2ccc(-c3ccc4oc(=O)oc4c3)cc2O1.C=C1Oc2ccc(Oc3ccc4oc(=O)oc4c3)cc2O1.C=C1Oc2ccc(S(=O)(=O)c3ccc4oc(=O)oc4c3)cc2O1.O=C(c1ccc2oc(=O)oc2c1)c1ccc2oc(=O)oc2c1. The number of hydrogen-bond acceptors (Lipinski definition) is 25. The van der Waals surface area contributed by atoms with Gasteiger partial charge in [-0.05, 0) is 140 Å². The van der Waals surface area contributed by atoms with Gasteiger partial charge in [-0.25, -0.2) is 32.4 Å². The van der Waals surface area contributed by atoms with Crippen LogP contribution in [0.1, 0.15) is 15.9 Å². The van der Waals surface area contributed by atoms with Crippen LogP contribution in [0.5, 0.6) is 46.0 Å². The molecule has 25 nitrogen and oxygen atoms in total. The number of benzene rings is 8. The number of ketones is 1. The third-order valence-corrected chi connectivity index (χ3v) is 14.2. The number of carbonyl (C=O) groups excluding carboxylic acids is 1. The third kappa shape index (κ3) is 10.6. The Morgan fingerprint density at radius 2 is 0.640 bits per heavy atom. The Bertz CT molecular complexity index is 5320. The molecule has 0 unspecified atom stereocenters. The summed E-state index contributed by atoms with van der Waals surface area (Å²) in [5, 5.41) is 0. The molecule has 3 aliphatic rings. The van der Waals surface area contributed by atoms with Crippen LogP contribution in [0.2, 0.25) is 0 Å². The first-order valence-electron chi connectivity index (χ1n) is 24.6. The molecular weight excluding hydrogens is 1150 g/mol. The average Bonchev–Trinajstić information content (AvgIpc) is 3.03. The molecule has 26 heteroatoms. The first-order chi connectivity index (χ1) is 41.4. The zero-order chi connectivity index (χ0) is 59.5. The van der Waals surface area contributed by atoms with Crippen LogP contribution in [0, 0.1) is 0 Å². The monoisotopic (exact) mass is 1180 g/mol. The summed E-state index contributed by atoms with van der Waals surface area (Å²) in [6.45, 7) is 10.7. The molecule has 0 aliphatic carbocycles. The maximum atomic E-state index is 12.7. The van der Waals surface area contributed by atoms with Gasteiger partial charge in [0.15, 0.2) is 96.1 Å². The van der Waals surface area contributed by atoms with Crippen molar-refractivity contribution in [3.63, 3.8) is 0 Å². The lowest BCUT2D eigenvalue weighted by atomic mass is 10.0. The normalized spacial score (nSPS) is 12.7. The fraction of sp³-hybridized carbons (Fsp3) is 0. The molecule has 426 valence electrons. The van der Waals surface area contributed by atoms with Gasteiger partial charge < -0.3 is 77.3 Å². The number of fused-ring (bicyclic) bond motifs is 8. The van der Waals surface area contributed by atoms with E-state index in [1.54, 1.807) is 54.6 Å². The highest BCUT2D eigenvalue weighted by Gasteiger charge is 2.26. The van der Waals surface area contributed by atoms with Crippen LogP contribution >= 0.6 is 0 Å². The first-order valence-corrected chi connectivity index (χ1v) is 26.1. The molecule has 0 fully saturated rings. The molecule has 0 amide bonds. The van der Waals surface area contributed by atoms with Crippen LogP contribution in [0.25, 0.3) is 67.0 Å². The standard InChI is InChI=1S/C15H8O7S.C15H6O7.C15H8O6.C15H8O5/c1-8-19-11-4-2-9(6-13(11)20-8)23(17,18)10-3-5-12-14(7-10)22-15(16)21-12;16-13(7-1-3-9-11(5-7)21-14(17)19-9)8-2-4-10-12(6-8)22-15(18)20-10;1-8-17-11-4-2-9(6-13(11)18-8)19-10-3-5-12-14(7-10)21-15(16)20-12;1-8-17-11-4-2-9(6-13(11)18-8)10-3-5-12-14(7-10)20-15(16)19-12/h2-7H,1H2;1-6H;2-7H,1H2;2-7H,1H2. The number of carbonyl (C=O) groups is 1. The van der Waals surface area contributed by atoms with Crippen LogP contribution in [-0.4, -0.2) is 14.2 Å². The van der Waals surface area contributed by atoms with Gasteiger partial charge in [-0.1, -0.05) is 12.1 Å². The minimum atomic E-state index is -3.83. The lowest BCUT2D eigenvalue weighted by Gasteiger charge is -2.05. The first kappa shape index (κ1) is 52.9. The van der Waals surface area contributed by atoms with E-state index in [0.29, 0.717) is 73.7 Å². The zero-order valence-corrected chi connectivity index (χ0v) is 43.9. The van der Waals surface area contributed by atoms with Crippen LogP contribution in [0.4, 0.5) is 0 Å². The van der Waals surface area contributed by atoms with Crippen molar-refractivity contribution >= 4 is 71.5 Å². The van der Waals surface area contributed by atoms with Crippen LogP contribution in [0.3, 0.4) is 0 Å². The Balaban J connectivity index is 0.000000106. The van der Waals surface area contributed by atoms with Crippen molar-refractivity contribution in [2.75, 3.05) is 0 Å². The van der Waals surface area contributed by atoms with E-state index in [9.17, 15) is 37.2 Å². The van der Waals surface area contributed by atoms with Gasteiger partial charge in [-0.2, -0.15) is 0 Å². The molecule has 86 heavy (non-hydrogen) atoms. The Kier molecular flexibility index (Phi) is 12.8. The van der Waals surface area contributed by atoms with E-state index < -0.39 is 38.9 Å². The predicted molar refractivity (Wildman–Crippen MR) is 292 cm³/mol. The van der Waals surface area contributed by atoms with Gasteiger partial charge in [0.1, 0.15) is 11.5 Å². The second kappa shape index (κ2) is 20.8. The Morgan fingerprint density at radius 3 is 1.17 bits per heavy atom. The Morgan fingerprint density at radius 1 is 0.314 bits per heavy atom. The lowest BCUT2D eigenvalue weighted by molar-refractivity contribution is 0.103. The molecule has 0 bridgehead atoms. The molecule has 8 heterocycles. The summed E-state index contributed by atoms with van der Waals surface area (Å²) >= 11 is 0. The van der Waals surface area contributed by atoms with Crippen molar-refractivity contribution in [2.24, 2.45) is 0 Å². The lowest BCUT2D eigenvalue weighted by Crippen LogP contribution is -2.01. The summed E-state index contributed by atoms with van der Waals surface area (Å²) in [7, 11) is -3.83. The van der Waals surface area contributed by atoms with Crippen LogP contribution < -0.4 is 62.3 Å². The van der Waals surface area contributed by atoms with E-state index in [1.165, 1.54) is 72.8 Å². The fourth-order valence-electron chi connectivity index (χ4n) is 8.64. The van der Waals surface area contributed by atoms with Crippen molar-refractivity contribution in [1.29, 1.82) is 0 Å². The van der Waals surface area contributed by atoms with E-state index in [0.717, 1.165) is 11.1 Å². The smallest absolute Gasteiger partial charge is 0.457 e. The van der Waals surface area contributed by atoms with Gasteiger partial charge in [0, 0.05) is 35.4 Å². The van der Waals surface area contributed by atoms with E-state index >= 15 is 0 Å². The number of ether oxygens (including phenoxy) is 7. The predicted octanol–water partition coefficient (Wildman–Crippen LogP) is 11.5. The molecular formula is C60H30O25S.